The van der Waals surface area contributed by atoms with Gasteiger partial charge < -0.3 is 24.9 Å². The highest BCUT2D eigenvalue weighted by molar-refractivity contribution is 5.92. The predicted molar refractivity (Wildman–Crippen MR) is 109 cm³/mol. The van der Waals surface area contributed by atoms with E-state index < -0.39 is 0 Å². The van der Waals surface area contributed by atoms with Crippen LogP contribution in [-0.2, 0) is 22.5 Å². The number of ether oxygens (including phenoxy) is 1. The highest BCUT2D eigenvalue weighted by Gasteiger charge is 2.37. The third-order valence-corrected chi connectivity index (χ3v) is 6.03. The van der Waals surface area contributed by atoms with Crippen LogP contribution in [0.4, 0.5) is 0 Å². The Morgan fingerprint density at radius 1 is 1.27 bits per heavy atom. The van der Waals surface area contributed by atoms with Crippen LogP contribution in [0.3, 0.4) is 0 Å². The Labute approximate surface area is 174 Å². The van der Waals surface area contributed by atoms with Crippen LogP contribution in [0.15, 0.2) is 23.0 Å². The van der Waals surface area contributed by atoms with Crippen molar-refractivity contribution in [3.05, 3.63) is 51.5 Å². The van der Waals surface area contributed by atoms with E-state index in [9.17, 15) is 14.4 Å². The van der Waals surface area contributed by atoms with Gasteiger partial charge in [0.15, 0.2) is 0 Å². The predicted octanol–water partition coefficient (Wildman–Crippen LogP) is 0.905. The number of carbonyl (C=O) groups excluding carboxylic acids is 2. The van der Waals surface area contributed by atoms with E-state index in [2.05, 4.69) is 20.3 Å². The Balaban J connectivity index is 1.43. The molecule has 3 N–H and O–H groups in total. The lowest BCUT2D eigenvalue weighted by Crippen LogP contribution is -2.51. The number of amides is 2. The van der Waals surface area contributed by atoms with Gasteiger partial charge in [0, 0.05) is 32.1 Å². The van der Waals surface area contributed by atoms with Crippen LogP contribution in [0.25, 0.3) is 0 Å². The summed E-state index contributed by atoms with van der Waals surface area (Å²) < 4.78 is 5.56. The van der Waals surface area contributed by atoms with Crippen LogP contribution in [0, 0.1) is 12.8 Å². The van der Waals surface area contributed by atoms with Crippen molar-refractivity contribution in [3.63, 3.8) is 0 Å². The number of hydrogen-bond donors (Lipinski definition) is 3. The van der Waals surface area contributed by atoms with Crippen molar-refractivity contribution < 1.29 is 14.3 Å². The van der Waals surface area contributed by atoms with Gasteiger partial charge in [0.2, 0.25) is 11.5 Å². The van der Waals surface area contributed by atoms with E-state index in [4.69, 9.17) is 4.74 Å². The number of fused-ring (bicyclic) bond motifs is 1. The number of nitrogens with one attached hydrogen (secondary N) is 3. The molecule has 3 atom stereocenters. The van der Waals surface area contributed by atoms with Crippen molar-refractivity contribution in [2.24, 2.45) is 5.92 Å². The average Bonchev–Trinajstić information content (AvgIpc) is 3.12. The number of imidazole rings is 1. The fourth-order valence-corrected chi connectivity index (χ4v) is 4.51. The van der Waals surface area contributed by atoms with Crippen LogP contribution in [0.1, 0.15) is 47.0 Å². The van der Waals surface area contributed by atoms with Gasteiger partial charge in [-0.05, 0) is 32.3 Å². The lowest BCUT2D eigenvalue weighted by molar-refractivity contribution is -0.139. The maximum Gasteiger partial charge on any atom is 0.268 e. The largest absolute Gasteiger partial charge is 0.379 e. The fraction of sp³-hybridized carbons (Fsp3) is 0.524. The molecule has 0 bridgehead atoms. The molecular weight excluding hydrogens is 386 g/mol. The molecule has 9 nitrogen and oxygen atoms in total. The first-order valence-electron chi connectivity index (χ1n) is 10.3. The molecule has 4 rings (SSSR count). The molecule has 0 radical (unpaired) electrons. The summed E-state index contributed by atoms with van der Waals surface area (Å²) in [6, 6.07) is 4.15. The van der Waals surface area contributed by atoms with Gasteiger partial charge in [0.25, 0.3) is 5.91 Å². The third-order valence-electron chi connectivity index (χ3n) is 6.03. The van der Waals surface area contributed by atoms with Crippen LogP contribution in [0.5, 0.6) is 0 Å². The molecule has 1 aliphatic heterocycles. The van der Waals surface area contributed by atoms with Gasteiger partial charge in [-0.15, -0.1) is 0 Å². The number of aromatic nitrogens is 3. The van der Waals surface area contributed by atoms with Crippen LogP contribution in [0.2, 0.25) is 0 Å². The Morgan fingerprint density at radius 2 is 2.10 bits per heavy atom. The molecule has 9 heteroatoms. The van der Waals surface area contributed by atoms with Crippen molar-refractivity contribution in [1.82, 2.24) is 25.2 Å². The lowest BCUT2D eigenvalue weighted by Gasteiger charge is -2.37. The maximum atomic E-state index is 13.2. The number of aromatic amines is 2. The van der Waals surface area contributed by atoms with E-state index in [1.165, 1.54) is 12.1 Å². The number of hydrogen-bond acceptors (Lipinski definition) is 5. The molecule has 3 heterocycles. The van der Waals surface area contributed by atoms with Crippen molar-refractivity contribution in [3.8, 4) is 0 Å². The van der Waals surface area contributed by atoms with E-state index in [0.29, 0.717) is 25.9 Å². The minimum absolute atomic E-state index is 0.106. The SMILES string of the molecule is CO[C@@H]1CC[C@H](C(=O)N2CCc3nc(C)[nH]c3C2)C[C@H]1NC(=O)c1cccc(=O)[nH]1. The van der Waals surface area contributed by atoms with E-state index in [0.717, 1.165) is 30.1 Å². The number of methoxy groups -OCH3 is 1. The van der Waals surface area contributed by atoms with Gasteiger partial charge in [-0.25, -0.2) is 4.98 Å². The van der Waals surface area contributed by atoms with Gasteiger partial charge in [-0.2, -0.15) is 0 Å². The molecule has 0 spiro atoms. The second kappa shape index (κ2) is 8.43. The van der Waals surface area contributed by atoms with Gasteiger partial charge in [0.1, 0.15) is 11.5 Å². The zero-order valence-electron chi connectivity index (χ0n) is 17.2. The highest BCUT2D eigenvalue weighted by atomic mass is 16.5. The number of pyridine rings is 1. The molecule has 0 aromatic carbocycles. The minimum atomic E-state index is -0.372. The number of aryl methyl sites for hydroxylation is 1. The normalized spacial score (nSPS) is 23.7. The molecule has 1 saturated carbocycles. The number of carbonyl (C=O) groups is 2. The summed E-state index contributed by atoms with van der Waals surface area (Å²) in [5, 5.41) is 2.95. The molecule has 2 amide bonds. The maximum absolute atomic E-state index is 13.2. The quantitative estimate of drug-likeness (QED) is 0.688. The van der Waals surface area contributed by atoms with E-state index >= 15 is 0 Å². The van der Waals surface area contributed by atoms with Crippen molar-refractivity contribution >= 4 is 11.8 Å². The number of nitrogens with zero attached hydrogens (tertiary/aromatic N) is 2. The molecular formula is C21H27N5O4. The second-order valence-electron chi connectivity index (χ2n) is 8.05. The summed E-state index contributed by atoms with van der Waals surface area (Å²) in [5.74, 6) is 0.428. The molecule has 30 heavy (non-hydrogen) atoms. The van der Waals surface area contributed by atoms with Crippen LogP contribution < -0.4 is 10.9 Å². The zero-order chi connectivity index (χ0) is 21.3. The standard InChI is InChI=1S/C21H27N5O4/c1-12-22-14-8-9-26(11-17(14)23-12)21(29)13-6-7-18(30-2)16(10-13)25-20(28)15-4-3-5-19(27)24-15/h3-5,13,16,18H,6-11H2,1-2H3,(H,22,23)(H,24,27)(H,25,28)/t13-,16+,18+/m0/s1. The summed E-state index contributed by atoms with van der Waals surface area (Å²) in [4.78, 5) is 49.4. The zero-order valence-corrected chi connectivity index (χ0v) is 17.2. The second-order valence-corrected chi connectivity index (χ2v) is 8.05. The first kappa shape index (κ1) is 20.3. The highest BCUT2D eigenvalue weighted by Crippen LogP contribution is 2.30. The minimum Gasteiger partial charge on any atom is -0.379 e. The Bertz CT molecular complexity index is 997. The average molecular weight is 413 g/mol. The van der Waals surface area contributed by atoms with Gasteiger partial charge in [-0.1, -0.05) is 6.07 Å². The van der Waals surface area contributed by atoms with E-state index in [1.54, 1.807) is 13.2 Å². The number of H-pyrrole nitrogens is 2. The van der Waals surface area contributed by atoms with Crippen molar-refractivity contribution in [2.45, 2.75) is 51.3 Å². The summed E-state index contributed by atoms with van der Waals surface area (Å²) in [5.41, 5.74) is 1.92. The smallest absolute Gasteiger partial charge is 0.268 e. The topological polar surface area (TPSA) is 120 Å². The first-order valence-corrected chi connectivity index (χ1v) is 10.3. The van der Waals surface area contributed by atoms with Gasteiger partial charge in [-0.3, -0.25) is 14.4 Å². The van der Waals surface area contributed by atoms with Crippen LogP contribution >= 0.6 is 0 Å². The van der Waals surface area contributed by atoms with Gasteiger partial charge >= 0.3 is 0 Å². The monoisotopic (exact) mass is 413 g/mol. The van der Waals surface area contributed by atoms with Gasteiger partial charge in [0.05, 0.1) is 30.1 Å². The Hall–Kier alpha value is -2.94. The molecule has 2 aromatic heterocycles. The third kappa shape index (κ3) is 4.16. The summed E-state index contributed by atoms with van der Waals surface area (Å²) in [6.07, 6.45) is 2.49. The summed E-state index contributed by atoms with van der Waals surface area (Å²) in [7, 11) is 1.61. The Kier molecular flexibility index (Phi) is 5.72. The lowest BCUT2D eigenvalue weighted by atomic mass is 9.82. The molecule has 1 fully saturated rings. The van der Waals surface area contributed by atoms with Crippen molar-refractivity contribution in [2.75, 3.05) is 13.7 Å². The number of rotatable bonds is 4. The fourth-order valence-electron chi connectivity index (χ4n) is 4.51. The molecule has 2 aliphatic rings. The Morgan fingerprint density at radius 3 is 2.87 bits per heavy atom. The van der Waals surface area contributed by atoms with E-state index in [-0.39, 0.29) is 41.1 Å². The van der Waals surface area contributed by atoms with Crippen LogP contribution in [-0.4, -0.2) is 57.5 Å². The molecule has 2 aromatic rings. The first-order chi connectivity index (χ1) is 14.4. The molecule has 0 saturated heterocycles. The molecule has 0 unspecified atom stereocenters. The summed E-state index contributed by atoms with van der Waals surface area (Å²) in [6.45, 7) is 3.12. The summed E-state index contributed by atoms with van der Waals surface area (Å²) >= 11 is 0. The molecule has 1 aliphatic carbocycles. The molecule has 160 valence electrons. The van der Waals surface area contributed by atoms with Crippen molar-refractivity contribution in [1.29, 1.82) is 0 Å². The van der Waals surface area contributed by atoms with E-state index in [1.807, 2.05) is 11.8 Å².